The standard InChI is InChI=1S/C8H17N3O2/c1-6(9)11-4-2-3-7(10)5-8(12)13/h7H,2-5,10H2,1H3,(H2,9,11)(H,12,13)/t7-/m0/s1. The minimum absolute atomic E-state index is 0.0174. The van der Waals surface area contributed by atoms with Gasteiger partial charge in [-0.1, -0.05) is 0 Å². The van der Waals surface area contributed by atoms with E-state index in [1.165, 1.54) is 0 Å². The van der Waals surface area contributed by atoms with Gasteiger partial charge < -0.3 is 16.2 Å². The molecule has 0 rings (SSSR count). The number of carboxylic acids is 1. The van der Waals surface area contributed by atoms with Crippen LogP contribution in [0.1, 0.15) is 26.2 Å². The van der Waals surface area contributed by atoms with E-state index in [4.69, 9.17) is 16.2 Å². The molecule has 0 unspecified atom stereocenters. The van der Waals surface area contributed by atoms with Crippen molar-refractivity contribution in [3.05, 3.63) is 0 Å². The van der Waals surface area contributed by atoms with E-state index in [0.717, 1.165) is 6.42 Å². The second kappa shape index (κ2) is 6.42. The summed E-state index contributed by atoms with van der Waals surface area (Å²) in [6, 6.07) is -0.273. The smallest absolute Gasteiger partial charge is 0.304 e. The maximum absolute atomic E-state index is 10.2. The first kappa shape index (κ1) is 11.9. The predicted octanol–water partition coefficient (Wildman–Crippen LogP) is 0.155. The molecule has 0 radical (unpaired) electrons. The van der Waals surface area contributed by atoms with Crippen LogP contribution < -0.4 is 11.1 Å². The molecule has 5 N–H and O–H groups in total. The van der Waals surface area contributed by atoms with Gasteiger partial charge in [0, 0.05) is 12.6 Å². The van der Waals surface area contributed by atoms with E-state index in [-0.39, 0.29) is 12.5 Å². The molecule has 13 heavy (non-hydrogen) atoms. The molecule has 0 saturated heterocycles. The van der Waals surface area contributed by atoms with Crippen molar-refractivity contribution in [3.63, 3.8) is 0 Å². The first-order valence-corrected chi connectivity index (χ1v) is 4.28. The van der Waals surface area contributed by atoms with Gasteiger partial charge in [-0.15, -0.1) is 0 Å². The van der Waals surface area contributed by atoms with Crippen LogP contribution in [-0.4, -0.2) is 29.5 Å². The van der Waals surface area contributed by atoms with Gasteiger partial charge in [-0.05, 0) is 19.8 Å². The van der Waals surface area contributed by atoms with Gasteiger partial charge in [-0.2, -0.15) is 0 Å². The lowest BCUT2D eigenvalue weighted by Crippen LogP contribution is -2.26. The Morgan fingerprint density at radius 3 is 2.77 bits per heavy atom. The largest absolute Gasteiger partial charge is 0.481 e. The number of aliphatic carboxylic acids is 1. The minimum atomic E-state index is -0.858. The Labute approximate surface area is 77.8 Å². The number of carboxylic acid groups (broad SMARTS) is 1. The van der Waals surface area contributed by atoms with E-state index in [1.807, 2.05) is 0 Å². The Balaban J connectivity index is 3.31. The maximum Gasteiger partial charge on any atom is 0.304 e. The number of amidine groups is 1. The first-order chi connectivity index (χ1) is 6.02. The van der Waals surface area contributed by atoms with Crippen molar-refractivity contribution in [1.82, 2.24) is 5.32 Å². The Morgan fingerprint density at radius 1 is 1.69 bits per heavy atom. The molecule has 0 heterocycles. The zero-order chi connectivity index (χ0) is 10.3. The highest BCUT2D eigenvalue weighted by atomic mass is 16.4. The lowest BCUT2D eigenvalue weighted by atomic mass is 10.1. The summed E-state index contributed by atoms with van der Waals surface area (Å²) in [5.74, 6) is -0.435. The van der Waals surface area contributed by atoms with E-state index >= 15 is 0 Å². The zero-order valence-corrected chi connectivity index (χ0v) is 7.84. The van der Waals surface area contributed by atoms with Crippen molar-refractivity contribution in [2.24, 2.45) is 5.73 Å². The fourth-order valence-electron chi connectivity index (χ4n) is 0.966. The molecule has 0 aliphatic rings. The lowest BCUT2D eigenvalue weighted by molar-refractivity contribution is -0.137. The average molecular weight is 187 g/mol. The summed E-state index contributed by atoms with van der Waals surface area (Å²) in [4.78, 5) is 10.2. The molecule has 76 valence electrons. The third kappa shape index (κ3) is 8.81. The van der Waals surface area contributed by atoms with Crippen LogP contribution in [0.3, 0.4) is 0 Å². The van der Waals surface area contributed by atoms with Gasteiger partial charge in [0.25, 0.3) is 0 Å². The fraction of sp³-hybridized carbons (Fsp3) is 0.750. The van der Waals surface area contributed by atoms with Gasteiger partial charge in [-0.25, -0.2) is 0 Å². The molecule has 0 fully saturated rings. The quantitative estimate of drug-likeness (QED) is 0.270. The molecule has 5 nitrogen and oxygen atoms in total. The molecule has 0 aromatic carbocycles. The van der Waals surface area contributed by atoms with Crippen LogP contribution in [0.5, 0.6) is 0 Å². The number of nitrogens with one attached hydrogen (secondary N) is 2. The molecule has 0 aliphatic heterocycles. The summed E-state index contributed by atoms with van der Waals surface area (Å²) in [6.45, 7) is 2.35. The van der Waals surface area contributed by atoms with Gasteiger partial charge >= 0.3 is 5.97 Å². The normalized spacial score (nSPS) is 12.2. The molecule has 0 aromatic rings. The second-order valence-corrected chi connectivity index (χ2v) is 3.05. The average Bonchev–Trinajstić information content (AvgIpc) is 1.96. The van der Waals surface area contributed by atoms with Crippen LogP contribution in [0.25, 0.3) is 0 Å². The highest BCUT2D eigenvalue weighted by molar-refractivity contribution is 5.75. The molecule has 0 aliphatic carbocycles. The number of carbonyl (C=O) groups is 1. The number of hydrogen-bond acceptors (Lipinski definition) is 3. The fourth-order valence-corrected chi connectivity index (χ4v) is 0.966. The highest BCUT2D eigenvalue weighted by Gasteiger charge is 2.06. The minimum Gasteiger partial charge on any atom is -0.481 e. The third-order valence-electron chi connectivity index (χ3n) is 1.58. The molecule has 0 aromatic heterocycles. The molecular weight excluding hydrogens is 170 g/mol. The van der Waals surface area contributed by atoms with E-state index in [0.29, 0.717) is 18.8 Å². The van der Waals surface area contributed by atoms with Gasteiger partial charge in [0.05, 0.1) is 12.3 Å². The summed E-state index contributed by atoms with van der Waals surface area (Å²) in [6.07, 6.45) is 1.49. The van der Waals surface area contributed by atoms with Crippen molar-refractivity contribution in [2.75, 3.05) is 6.54 Å². The van der Waals surface area contributed by atoms with Crippen LogP contribution in [0, 0.1) is 5.41 Å². The Bertz CT molecular complexity index is 182. The van der Waals surface area contributed by atoms with Gasteiger partial charge in [0.2, 0.25) is 0 Å². The second-order valence-electron chi connectivity index (χ2n) is 3.05. The molecular formula is C8H17N3O2. The number of rotatable bonds is 6. The Kier molecular flexibility index (Phi) is 5.88. The summed E-state index contributed by atoms with van der Waals surface area (Å²) < 4.78 is 0. The highest BCUT2D eigenvalue weighted by Crippen LogP contribution is 1.97. The van der Waals surface area contributed by atoms with Crippen molar-refractivity contribution in [1.29, 1.82) is 5.41 Å². The van der Waals surface area contributed by atoms with Crippen molar-refractivity contribution < 1.29 is 9.90 Å². The predicted molar refractivity (Wildman–Crippen MR) is 50.9 cm³/mol. The van der Waals surface area contributed by atoms with Crippen LogP contribution in [0.2, 0.25) is 0 Å². The van der Waals surface area contributed by atoms with Gasteiger partial charge in [0.1, 0.15) is 0 Å². The summed E-state index contributed by atoms with van der Waals surface area (Å²) in [5, 5.41) is 18.3. The van der Waals surface area contributed by atoms with Crippen molar-refractivity contribution in [3.8, 4) is 0 Å². The lowest BCUT2D eigenvalue weighted by Gasteiger charge is -2.08. The van der Waals surface area contributed by atoms with E-state index in [1.54, 1.807) is 6.92 Å². The van der Waals surface area contributed by atoms with Crippen molar-refractivity contribution in [2.45, 2.75) is 32.2 Å². The van der Waals surface area contributed by atoms with Crippen molar-refractivity contribution >= 4 is 11.8 Å². The molecule has 0 saturated carbocycles. The van der Waals surface area contributed by atoms with Gasteiger partial charge in [-0.3, -0.25) is 10.2 Å². The molecule has 0 amide bonds. The topological polar surface area (TPSA) is 99.2 Å². The number of nitrogens with two attached hydrogens (primary N) is 1. The van der Waals surface area contributed by atoms with E-state index < -0.39 is 5.97 Å². The summed E-state index contributed by atoms with van der Waals surface area (Å²) in [7, 11) is 0. The molecule has 0 spiro atoms. The summed E-state index contributed by atoms with van der Waals surface area (Å²) >= 11 is 0. The van der Waals surface area contributed by atoms with Crippen LogP contribution in [0.4, 0.5) is 0 Å². The molecule has 1 atom stereocenters. The Hall–Kier alpha value is -1.10. The van der Waals surface area contributed by atoms with Crippen LogP contribution in [-0.2, 0) is 4.79 Å². The van der Waals surface area contributed by atoms with Crippen LogP contribution in [0.15, 0.2) is 0 Å². The maximum atomic E-state index is 10.2. The molecule has 0 bridgehead atoms. The SMILES string of the molecule is CC(=N)NCCC[C@H](N)CC(=O)O. The van der Waals surface area contributed by atoms with Crippen LogP contribution >= 0.6 is 0 Å². The first-order valence-electron chi connectivity index (χ1n) is 4.28. The Morgan fingerprint density at radius 2 is 2.31 bits per heavy atom. The monoisotopic (exact) mass is 187 g/mol. The third-order valence-corrected chi connectivity index (χ3v) is 1.58. The zero-order valence-electron chi connectivity index (χ0n) is 7.84. The molecule has 5 heteroatoms. The number of hydrogen-bond donors (Lipinski definition) is 4. The van der Waals surface area contributed by atoms with Gasteiger partial charge in [0.15, 0.2) is 0 Å². The van der Waals surface area contributed by atoms with E-state index in [2.05, 4.69) is 5.32 Å². The van der Waals surface area contributed by atoms with E-state index in [9.17, 15) is 4.79 Å². The summed E-state index contributed by atoms with van der Waals surface area (Å²) in [5.41, 5.74) is 5.53.